The quantitative estimate of drug-likeness (QED) is 0.760. The number of hydrogen-bond acceptors (Lipinski definition) is 4. The molecule has 0 N–H and O–H groups in total. The third kappa shape index (κ3) is 4.86. The molecule has 2 aromatic rings. The zero-order chi connectivity index (χ0) is 19.4. The van der Waals surface area contributed by atoms with E-state index in [1.807, 2.05) is 30.3 Å². The molecule has 2 unspecified atom stereocenters. The van der Waals surface area contributed by atoms with Gasteiger partial charge in [-0.15, -0.1) is 0 Å². The van der Waals surface area contributed by atoms with Gasteiger partial charge in [0.15, 0.2) is 27.5 Å². The zero-order valence-corrected chi connectivity index (χ0v) is 15.9. The maximum atomic E-state index is 13.8. The molecule has 0 radical (unpaired) electrons. The van der Waals surface area contributed by atoms with Gasteiger partial charge < -0.3 is 9.64 Å². The Bertz CT molecular complexity index is 901. The van der Waals surface area contributed by atoms with Crippen LogP contribution in [0.2, 0.25) is 0 Å². The minimum absolute atomic E-state index is 0.00273. The van der Waals surface area contributed by atoms with Crippen molar-refractivity contribution in [2.45, 2.75) is 32.0 Å². The summed E-state index contributed by atoms with van der Waals surface area (Å²) in [6.45, 7) is 1.83. The van der Waals surface area contributed by atoms with Crippen molar-refractivity contribution in [3.8, 4) is 5.75 Å². The van der Waals surface area contributed by atoms with Gasteiger partial charge in [0.1, 0.15) is 0 Å². The molecule has 27 heavy (non-hydrogen) atoms. The maximum absolute atomic E-state index is 13.8. The second-order valence-corrected chi connectivity index (χ2v) is 8.93. The third-order valence-electron chi connectivity index (χ3n) is 4.62. The van der Waals surface area contributed by atoms with E-state index in [9.17, 15) is 17.6 Å². The van der Waals surface area contributed by atoms with Crippen LogP contribution in [0.5, 0.6) is 5.75 Å². The minimum atomic E-state index is -3.15. The standard InChI is InChI=1S/C20H22FNO4S/c1-15(26-19-10-6-5-9-18(19)21)20(23)22(13-16-7-3-2-4-8-16)17-11-12-27(24,25)14-17/h2-10,15,17H,11-14H2,1H3. The smallest absolute Gasteiger partial charge is 0.263 e. The second kappa shape index (κ2) is 8.08. The highest BCUT2D eigenvalue weighted by atomic mass is 32.2. The molecule has 2 aromatic carbocycles. The molecule has 1 heterocycles. The average molecular weight is 391 g/mol. The van der Waals surface area contributed by atoms with Gasteiger partial charge in [0, 0.05) is 12.6 Å². The summed E-state index contributed by atoms with van der Waals surface area (Å²) in [6.07, 6.45) is -0.540. The molecule has 0 saturated carbocycles. The lowest BCUT2D eigenvalue weighted by Gasteiger charge is -2.31. The molecule has 1 aliphatic heterocycles. The van der Waals surface area contributed by atoms with Crippen molar-refractivity contribution in [2.24, 2.45) is 0 Å². The molecule has 0 aliphatic carbocycles. The van der Waals surface area contributed by atoms with E-state index in [-0.39, 0.29) is 29.7 Å². The van der Waals surface area contributed by atoms with Crippen molar-refractivity contribution in [3.05, 3.63) is 66.0 Å². The molecule has 144 valence electrons. The first-order valence-corrected chi connectivity index (χ1v) is 10.6. The van der Waals surface area contributed by atoms with Gasteiger partial charge in [-0.2, -0.15) is 0 Å². The molecule has 1 saturated heterocycles. The fraction of sp³-hybridized carbons (Fsp3) is 0.350. The van der Waals surface area contributed by atoms with E-state index < -0.39 is 27.8 Å². The number of carbonyl (C=O) groups is 1. The molecular weight excluding hydrogens is 369 g/mol. The molecule has 1 fully saturated rings. The van der Waals surface area contributed by atoms with Gasteiger partial charge in [0.25, 0.3) is 5.91 Å². The minimum Gasteiger partial charge on any atom is -0.478 e. The first-order chi connectivity index (χ1) is 12.9. The van der Waals surface area contributed by atoms with Crippen LogP contribution < -0.4 is 4.74 Å². The average Bonchev–Trinajstić information content (AvgIpc) is 3.01. The van der Waals surface area contributed by atoms with Crippen LogP contribution in [0, 0.1) is 5.82 Å². The number of rotatable bonds is 6. The molecule has 0 aromatic heterocycles. The molecule has 3 rings (SSSR count). The Hall–Kier alpha value is -2.41. The van der Waals surface area contributed by atoms with Gasteiger partial charge in [-0.25, -0.2) is 12.8 Å². The summed E-state index contributed by atoms with van der Waals surface area (Å²) in [5.74, 6) is -0.895. The van der Waals surface area contributed by atoms with Crippen LogP contribution in [0.25, 0.3) is 0 Å². The summed E-state index contributed by atoms with van der Waals surface area (Å²) in [5.41, 5.74) is 0.897. The van der Waals surface area contributed by atoms with Gasteiger partial charge in [-0.05, 0) is 31.0 Å². The molecule has 0 bridgehead atoms. The summed E-state index contributed by atoms with van der Waals surface area (Å²) in [7, 11) is -3.15. The van der Waals surface area contributed by atoms with Crippen LogP contribution in [0.1, 0.15) is 18.9 Å². The second-order valence-electron chi connectivity index (χ2n) is 6.70. The van der Waals surface area contributed by atoms with Gasteiger partial charge in [0.05, 0.1) is 11.5 Å². The summed E-state index contributed by atoms with van der Waals surface area (Å²) in [5, 5.41) is 0. The molecule has 5 nitrogen and oxygen atoms in total. The van der Waals surface area contributed by atoms with Crippen LogP contribution in [0.3, 0.4) is 0 Å². The highest BCUT2D eigenvalue weighted by Gasteiger charge is 2.36. The summed E-state index contributed by atoms with van der Waals surface area (Å²) in [4.78, 5) is 14.6. The van der Waals surface area contributed by atoms with E-state index in [0.29, 0.717) is 6.42 Å². The predicted octanol–water partition coefficient (Wildman–Crippen LogP) is 2.81. The maximum Gasteiger partial charge on any atom is 0.263 e. The van der Waals surface area contributed by atoms with Crippen LogP contribution in [0.15, 0.2) is 54.6 Å². The molecule has 7 heteroatoms. The van der Waals surface area contributed by atoms with Crippen LogP contribution in [-0.2, 0) is 21.2 Å². The van der Waals surface area contributed by atoms with E-state index in [1.54, 1.807) is 24.0 Å². The summed E-state index contributed by atoms with van der Waals surface area (Å²) in [6, 6.07) is 14.8. The van der Waals surface area contributed by atoms with E-state index >= 15 is 0 Å². The van der Waals surface area contributed by atoms with Crippen LogP contribution in [0.4, 0.5) is 4.39 Å². The number of sulfone groups is 1. The number of amides is 1. The molecule has 2 atom stereocenters. The van der Waals surface area contributed by atoms with Crippen molar-refractivity contribution in [2.75, 3.05) is 11.5 Å². The highest BCUT2D eigenvalue weighted by molar-refractivity contribution is 7.91. The van der Waals surface area contributed by atoms with Crippen molar-refractivity contribution in [3.63, 3.8) is 0 Å². The topological polar surface area (TPSA) is 63.7 Å². The lowest BCUT2D eigenvalue weighted by Crippen LogP contribution is -2.46. The summed E-state index contributed by atoms with van der Waals surface area (Å²) < 4.78 is 43.2. The Labute approximate surface area is 158 Å². The number of nitrogens with zero attached hydrogens (tertiary/aromatic N) is 1. The number of carbonyl (C=O) groups excluding carboxylic acids is 1. The zero-order valence-electron chi connectivity index (χ0n) is 15.0. The first kappa shape index (κ1) is 19.4. The Kier molecular flexibility index (Phi) is 5.79. The van der Waals surface area contributed by atoms with Crippen molar-refractivity contribution in [1.82, 2.24) is 4.90 Å². The van der Waals surface area contributed by atoms with Crippen LogP contribution >= 0.6 is 0 Å². The largest absolute Gasteiger partial charge is 0.478 e. The predicted molar refractivity (Wildman–Crippen MR) is 101 cm³/mol. The van der Waals surface area contributed by atoms with Gasteiger partial charge in [-0.1, -0.05) is 42.5 Å². The van der Waals surface area contributed by atoms with Gasteiger partial charge >= 0.3 is 0 Å². The lowest BCUT2D eigenvalue weighted by atomic mass is 10.1. The normalized spacial score (nSPS) is 19.4. The number of benzene rings is 2. The first-order valence-electron chi connectivity index (χ1n) is 8.82. The Morgan fingerprint density at radius 1 is 1.19 bits per heavy atom. The van der Waals surface area contributed by atoms with E-state index in [4.69, 9.17) is 4.74 Å². The van der Waals surface area contributed by atoms with Gasteiger partial charge in [0.2, 0.25) is 0 Å². The molecule has 1 aliphatic rings. The summed E-state index contributed by atoms with van der Waals surface area (Å²) >= 11 is 0. The van der Waals surface area contributed by atoms with Crippen LogP contribution in [-0.4, -0.2) is 42.9 Å². The number of ether oxygens (including phenoxy) is 1. The Balaban J connectivity index is 1.80. The van der Waals surface area contributed by atoms with E-state index in [1.165, 1.54) is 12.1 Å². The molecule has 0 spiro atoms. The van der Waals surface area contributed by atoms with Gasteiger partial charge in [-0.3, -0.25) is 4.79 Å². The number of para-hydroxylation sites is 1. The fourth-order valence-electron chi connectivity index (χ4n) is 3.20. The SMILES string of the molecule is CC(Oc1ccccc1F)C(=O)N(Cc1ccccc1)C1CCS(=O)(=O)C1. The molecular formula is C20H22FNO4S. The van der Waals surface area contributed by atoms with Crippen molar-refractivity contribution in [1.29, 1.82) is 0 Å². The monoisotopic (exact) mass is 391 g/mol. The van der Waals surface area contributed by atoms with Crippen molar-refractivity contribution < 1.29 is 22.3 Å². The third-order valence-corrected chi connectivity index (χ3v) is 6.37. The van der Waals surface area contributed by atoms with Crippen molar-refractivity contribution >= 4 is 15.7 Å². The number of halogens is 1. The number of hydrogen-bond donors (Lipinski definition) is 0. The Morgan fingerprint density at radius 3 is 2.48 bits per heavy atom. The van der Waals surface area contributed by atoms with E-state index in [2.05, 4.69) is 0 Å². The highest BCUT2D eigenvalue weighted by Crippen LogP contribution is 2.23. The Morgan fingerprint density at radius 2 is 1.85 bits per heavy atom. The fourth-order valence-corrected chi connectivity index (χ4v) is 4.93. The van der Waals surface area contributed by atoms with E-state index in [0.717, 1.165) is 5.56 Å². The molecule has 1 amide bonds. The lowest BCUT2D eigenvalue weighted by molar-refractivity contribution is -0.140.